The number of carbonyl (C=O) groups excluding carboxylic acids is 1. The first-order valence-corrected chi connectivity index (χ1v) is 10.1. The van der Waals surface area contributed by atoms with Crippen LogP contribution in [0.5, 0.6) is 0 Å². The fourth-order valence-electron chi connectivity index (χ4n) is 3.73. The van der Waals surface area contributed by atoms with E-state index in [-0.39, 0.29) is 11.9 Å². The van der Waals surface area contributed by atoms with Crippen LogP contribution < -0.4 is 16.0 Å². The number of anilines is 1. The van der Waals surface area contributed by atoms with Crippen LogP contribution in [0.3, 0.4) is 0 Å². The normalized spacial score (nSPS) is 23.3. The van der Waals surface area contributed by atoms with E-state index in [1.807, 2.05) is 19.3 Å². The van der Waals surface area contributed by atoms with Crippen molar-refractivity contribution in [3.63, 3.8) is 0 Å². The lowest BCUT2D eigenvalue weighted by Gasteiger charge is -2.26. The van der Waals surface area contributed by atoms with Gasteiger partial charge in [-0.1, -0.05) is 6.42 Å². The van der Waals surface area contributed by atoms with E-state index in [0.717, 1.165) is 58.9 Å². The third kappa shape index (κ3) is 3.31. The Kier molecular flexibility index (Phi) is 4.86. The van der Waals surface area contributed by atoms with Gasteiger partial charge >= 0.3 is 0 Å². The van der Waals surface area contributed by atoms with Gasteiger partial charge in [-0.05, 0) is 31.2 Å². The van der Waals surface area contributed by atoms with Gasteiger partial charge in [0.25, 0.3) is 5.91 Å². The molecule has 1 aliphatic carbocycles. The van der Waals surface area contributed by atoms with E-state index in [1.54, 1.807) is 18.1 Å². The molecular weight excluding hydrogens is 348 g/mol. The van der Waals surface area contributed by atoms with Gasteiger partial charge in [0.2, 0.25) is 0 Å². The number of thioether (sulfide) groups is 1. The molecule has 0 saturated heterocycles. The molecule has 138 valence electrons. The van der Waals surface area contributed by atoms with Crippen LogP contribution in [0.15, 0.2) is 23.6 Å². The van der Waals surface area contributed by atoms with Crippen molar-refractivity contribution in [2.24, 2.45) is 11.7 Å². The molecular formula is C18H24N6OS. The Hall–Kier alpha value is -2.06. The van der Waals surface area contributed by atoms with E-state index < -0.39 is 0 Å². The van der Waals surface area contributed by atoms with Crippen molar-refractivity contribution in [3.8, 4) is 0 Å². The highest BCUT2D eigenvalue weighted by Gasteiger charge is 2.26. The molecule has 8 heteroatoms. The molecule has 0 spiro atoms. The minimum absolute atomic E-state index is 0.0186. The van der Waals surface area contributed by atoms with E-state index in [4.69, 9.17) is 5.73 Å². The van der Waals surface area contributed by atoms with Crippen molar-refractivity contribution in [3.05, 3.63) is 29.2 Å². The summed E-state index contributed by atoms with van der Waals surface area (Å²) in [6, 6.07) is 0.214. The van der Waals surface area contributed by atoms with Gasteiger partial charge in [-0.25, -0.2) is 9.97 Å². The highest BCUT2D eigenvalue weighted by molar-refractivity contribution is 8.04. The van der Waals surface area contributed by atoms with Gasteiger partial charge in [0, 0.05) is 37.3 Å². The number of nitrogens with one attached hydrogen (secondary N) is 2. The maximum absolute atomic E-state index is 12.6. The third-order valence-corrected chi connectivity index (χ3v) is 6.24. The van der Waals surface area contributed by atoms with Gasteiger partial charge in [-0.2, -0.15) is 0 Å². The van der Waals surface area contributed by atoms with Crippen LogP contribution >= 0.6 is 11.8 Å². The van der Waals surface area contributed by atoms with Crippen molar-refractivity contribution in [2.45, 2.75) is 32.2 Å². The van der Waals surface area contributed by atoms with Gasteiger partial charge in [0.15, 0.2) is 0 Å². The van der Waals surface area contributed by atoms with Gasteiger partial charge in [-0.15, -0.1) is 11.8 Å². The van der Waals surface area contributed by atoms with Crippen molar-refractivity contribution >= 4 is 34.5 Å². The van der Waals surface area contributed by atoms with Crippen molar-refractivity contribution in [1.82, 2.24) is 20.3 Å². The van der Waals surface area contributed by atoms with Gasteiger partial charge in [-0.3, -0.25) is 4.79 Å². The largest absolute Gasteiger partial charge is 0.351 e. The van der Waals surface area contributed by atoms with E-state index in [0.29, 0.717) is 12.5 Å². The summed E-state index contributed by atoms with van der Waals surface area (Å²) in [4.78, 5) is 27.3. The summed E-state index contributed by atoms with van der Waals surface area (Å²) >= 11 is 1.59. The number of aryl methyl sites for hydroxylation is 1. The van der Waals surface area contributed by atoms with Crippen LogP contribution in [0.2, 0.25) is 0 Å². The second kappa shape index (κ2) is 7.28. The molecule has 26 heavy (non-hydrogen) atoms. The van der Waals surface area contributed by atoms with Crippen LogP contribution in [-0.4, -0.2) is 45.7 Å². The number of hydrogen-bond donors (Lipinski definition) is 3. The minimum Gasteiger partial charge on any atom is -0.351 e. The van der Waals surface area contributed by atoms with E-state index in [2.05, 4.69) is 25.2 Å². The highest BCUT2D eigenvalue weighted by Crippen LogP contribution is 2.31. The summed E-state index contributed by atoms with van der Waals surface area (Å²) in [7, 11) is 0. The molecule has 2 aromatic heterocycles. The van der Waals surface area contributed by atoms with Gasteiger partial charge in [0.05, 0.1) is 10.3 Å². The van der Waals surface area contributed by atoms with Crippen molar-refractivity contribution < 1.29 is 4.79 Å². The Morgan fingerprint density at radius 3 is 3.15 bits per heavy atom. The molecule has 0 unspecified atom stereocenters. The summed E-state index contributed by atoms with van der Waals surface area (Å²) < 4.78 is 0. The number of fused-ring (bicyclic) bond motifs is 1. The molecule has 0 bridgehead atoms. The zero-order chi connectivity index (χ0) is 18.1. The standard InChI is InChI=1S/C18H24N6OS/c1-11-7-20-16-15(11)17(23-10-22-16)24-5-6-26-14(9-24)18(25)21-8-12-3-2-4-13(12)19/h7,9-10,12-13H,2-6,8,19H2,1H3,(H,21,25)(H,20,22,23)/t12-,13+/m0/s1. The summed E-state index contributed by atoms with van der Waals surface area (Å²) in [6.45, 7) is 3.50. The lowest BCUT2D eigenvalue weighted by Crippen LogP contribution is -2.37. The summed E-state index contributed by atoms with van der Waals surface area (Å²) in [5, 5.41) is 4.07. The average Bonchev–Trinajstić information content (AvgIpc) is 3.25. The predicted octanol–water partition coefficient (Wildman–Crippen LogP) is 1.90. The Morgan fingerprint density at radius 1 is 1.46 bits per heavy atom. The van der Waals surface area contributed by atoms with Gasteiger partial charge in [0.1, 0.15) is 17.8 Å². The fraction of sp³-hybridized carbons (Fsp3) is 0.500. The topological polar surface area (TPSA) is 99.9 Å². The summed E-state index contributed by atoms with van der Waals surface area (Å²) in [5.41, 5.74) is 8.02. The number of aromatic amines is 1. The molecule has 1 fully saturated rings. The number of hydrogen-bond acceptors (Lipinski definition) is 6. The van der Waals surface area contributed by atoms with Crippen LogP contribution in [0.1, 0.15) is 24.8 Å². The lowest BCUT2D eigenvalue weighted by atomic mass is 10.1. The SMILES string of the molecule is Cc1c[nH]c2ncnc(N3C=C(C(=O)NC[C@@H]4CCC[C@H]4N)SCC3)c12. The van der Waals surface area contributed by atoms with E-state index >= 15 is 0 Å². The number of H-pyrrole nitrogens is 1. The number of carbonyl (C=O) groups is 1. The molecule has 2 aromatic rings. The quantitative estimate of drug-likeness (QED) is 0.758. The average molecular weight is 372 g/mol. The maximum atomic E-state index is 12.6. The molecule has 0 aromatic carbocycles. The third-order valence-electron chi connectivity index (χ3n) is 5.25. The second-order valence-electron chi connectivity index (χ2n) is 6.99. The van der Waals surface area contributed by atoms with Crippen molar-refractivity contribution in [1.29, 1.82) is 0 Å². The zero-order valence-electron chi connectivity index (χ0n) is 14.9. The number of nitrogens with zero attached hydrogens (tertiary/aromatic N) is 3. The first kappa shape index (κ1) is 17.4. The number of nitrogens with two attached hydrogens (primary N) is 1. The second-order valence-corrected chi connectivity index (χ2v) is 8.13. The Labute approximate surface area is 156 Å². The number of rotatable bonds is 4. The summed E-state index contributed by atoms with van der Waals surface area (Å²) in [5.74, 6) is 2.07. The molecule has 7 nitrogen and oxygen atoms in total. The molecule has 3 heterocycles. The Bertz CT molecular complexity index is 847. The first-order valence-electron chi connectivity index (χ1n) is 9.07. The van der Waals surface area contributed by atoms with Gasteiger partial charge < -0.3 is 20.9 Å². The van der Waals surface area contributed by atoms with Crippen LogP contribution in [-0.2, 0) is 4.79 Å². The Balaban J connectivity index is 1.51. The predicted molar refractivity (Wildman–Crippen MR) is 105 cm³/mol. The van der Waals surface area contributed by atoms with Crippen LogP contribution in [0.4, 0.5) is 5.82 Å². The molecule has 2 aliphatic rings. The van der Waals surface area contributed by atoms with Crippen molar-refractivity contribution in [2.75, 3.05) is 23.7 Å². The first-order chi connectivity index (χ1) is 12.6. The van der Waals surface area contributed by atoms with Crippen LogP contribution in [0.25, 0.3) is 11.0 Å². The van der Waals surface area contributed by atoms with E-state index in [1.165, 1.54) is 0 Å². The smallest absolute Gasteiger partial charge is 0.259 e. The highest BCUT2D eigenvalue weighted by atomic mass is 32.2. The monoisotopic (exact) mass is 372 g/mol. The fourth-order valence-corrected chi connectivity index (χ4v) is 4.65. The maximum Gasteiger partial charge on any atom is 0.259 e. The number of amides is 1. The molecule has 1 saturated carbocycles. The zero-order valence-corrected chi connectivity index (χ0v) is 15.7. The molecule has 0 radical (unpaired) electrons. The molecule has 4 rings (SSSR count). The minimum atomic E-state index is -0.0186. The molecule has 4 N–H and O–H groups in total. The lowest BCUT2D eigenvalue weighted by molar-refractivity contribution is -0.117. The molecule has 2 atom stereocenters. The van der Waals surface area contributed by atoms with E-state index in [9.17, 15) is 4.79 Å². The summed E-state index contributed by atoms with van der Waals surface area (Å²) in [6.07, 6.45) is 8.73. The molecule has 1 amide bonds. The molecule has 1 aliphatic heterocycles. The van der Waals surface area contributed by atoms with Crippen LogP contribution in [0, 0.1) is 12.8 Å². The number of aromatic nitrogens is 3. The Morgan fingerprint density at radius 2 is 2.35 bits per heavy atom.